The largest absolute Gasteiger partial charge is 0.378 e. The number of rotatable bonds is 3. The summed E-state index contributed by atoms with van der Waals surface area (Å²) in [5, 5.41) is 3.14. The average molecular weight is 289 g/mol. The van der Waals surface area contributed by atoms with Gasteiger partial charge in [-0.3, -0.25) is 0 Å². The Morgan fingerprint density at radius 1 is 0.905 bits per heavy atom. The molecule has 1 nitrogen and oxygen atoms in total. The molecule has 0 saturated heterocycles. The molecule has 0 aromatic heterocycles. The van der Waals surface area contributed by atoms with Crippen LogP contribution in [0.1, 0.15) is 44.9 Å². The monoisotopic (exact) mass is 289 g/mol. The van der Waals surface area contributed by atoms with Gasteiger partial charge in [0.25, 0.3) is 0 Å². The third kappa shape index (κ3) is 3.60. The molecule has 2 rings (SSSR count). The Morgan fingerprint density at radius 2 is 1.43 bits per heavy atom. The highest BCUT2D eigenvalue weighted by atomic mass is 19.1. The fourth-order valence-corrected chi connectivity index (χ4v) is 2.31. The van der Waals surface area contributed by atoms with Crippen LogP contribution in [0.4, 0.5) is 14.5 Å². The van der Waals surface area contributed by atoms with Crippen molar-refractivity contribution in [1.82, 2.24) is 0 Å². The zero-order valence-corrected chi connectivity index (χ0v) is 12.9. The molecule has 1 atom stereocenters. The number of hydrogen-bond acceptors (Lipinski definition) is 1. The molecule has 2 aromatic rings. The van der Waals surface area contributed by atoms with E-state index in [4.69, 9.17) is 0 Å². The van der Waals surface area contributed by atoms with E-state index in [1.165, 1.54) is 23.8 Å². The van der Waals surface area contributed by atoms with Crippen molar-refractivity contribution < 1.29 is 8.78 Å². The van der Waals surface area contributed by atoms with E-state index in [1.54, 1.807) is 6.92 Å². The molecule has 0 fully saturated rings. The molecule has 0 heterocycles. The topological polar surface area (TPSA) is 12.0 Å². The molecule has 0 spiro atoms. The first-order chi connectivity index (χ1) is 9.79. The summed E-state index contributed by atoms with van der Waals surface area (Å²) < 4.78 is 27.5. The smallest absolute Gasteiger partial charge is 0.131 e. The maximum Gasteiger partial charge on any atom is 0.131 e. The van der Waals surface area contributed by atoms with Gasteiger partial charge < -0.3 is 5.32 Å². The standard InChI is InChI=1S/C18H21F2N/c1-12(17-15(19)6-5-7-16(17)20)21-14-10-8-13(9-11-14)18(2,3)4/h5-12,21H,1-4H3. The molecule has 0 saturated carbocycles. The first-order valence-electron chi connectivity index (χ1n) is 7.10. The third-order valence-corrected chi connectivity index (χ3v) is 3.57. The van der Waals surface area contributed by atoms with Crippen molar-refractivity contribution in [3.63, 3.8) is 0 Å². The number of benzene rings is 2. The van der Waals surface area contributed by atoms with Gasteiger partial charge in [-0.1, -0.05) is 39.0 Å². The Hall–Kier alpha value is -1.90. The molecule has 0 aliphatic rings. The molecule has 0 amide bonds. The highest BCUT2D eigenvalue weighted by molar-refractivity contribution is 5.48. The molecule has 1 N–H and O–H groups in total. The number of halogens is 2. The van der Waals surface area contributed by atoms with Crippen LogP contribution in [-0.2, 0) is 5.41 Å². The second kappa shape index (κ2) is 5.84. The van der Waals surface area contributed by atoms with Gasteiger partial charge in [0.1, 0.15) is 11.6 Å². The van der Waals surface area contributed by atoms with Crippen LogP contribution in [0.2, 0.25) is 0 Å². The van der Waals surface area contributed by atoms with Crippen LogP contribution in [0, 0.1) is 11.6 Å². The van der Waals surface area contributed by atoms with Gasteiger partial charge in [-0.2, -0.15) is 0 Å². The number of hydrogen-bond donors (Lipinski definition) is 1. The average Bonchev–Trinajstić information content (AvgIpc) is 2.38. The van der Waals surface area contributed by atoms with E-state index in [-0.39, 0.29) is 11.0 Å². The molecular formula is C18H21F2N. The molecule has 0 bridgehead atoms. The first-order valence-corrected chi connectivity index (χ1v) is 7.10. The van der Waals surface area contributed by atoms with Crippen molar-refractivity contribution in [2.45, 2.75) is 39.2 Å². The van der Waals surface area contributed by atoms with Gasteiger partial charge in [0.05, 0.1) is 6.04 Å². The molecule has 0 aliphatic heterocycles. The number of anilines is 1. The third-order valence-electron chi connectivity index (χ3n) is 3.57. The van der Waals surface area contributed by atoms with E-state index < -0.39 is 17.7 Å². The van der Waals surface area contributed by atoms with Gasteiger partial charge in [-0.15, -0.1) is 0 Å². The summed E-state index contributed by atoms with van der Waals surface area (Å²) in [6, 6.07) is 11.4. The second-order valence-electron chi connectivity index (χ2n) is 6.33. The lowest BCUT2D eigenvalue weighted by Gasteiger charge is -2.21. The SMILES string of the molecule is CC(Nc1ccc(C(C)(C)C)cc1)c1c(F)cccc1F. The van der Waals surface area contributed by atoms with Gasteiger partial charge in [-0.05, 0) is 42.2 Å². The minimum absolute atomic E-state index is 0.0670. The predicted octanol–water partition coefficient (Wildman–Crippen LogP) is 5.44. The van der Waals surface area contributed by atoms with Crippen molar-refractivity contribution >= 4 is 5.69 Å². The fourth-order valence-electron chi connectivity index (χ4n) is 2.31. The summed E-state index contributed by atoms with van der Waals surface area (Å²) in [6.07, 6.45) is 0. The highest BCUT2D eigenvalue weighted by Crippen LogP contribution is 2.27. The van der Waals surface area contributed by atoms with Gasteiger partial charge >= 0.3 is 0 Å². The van der Waals surface area contributed by atoms with Crippen LogP contribution >= 0.6 is 0 Å². The quantitative estimate of drug-likeness (QED) is 0.793. The summed E-state index contributed by atoms with van der Waals surface area (Å²) >= 11 is 0. The van der Waals surface area contributed by atoms with E-state index in [2.05, 4.69) is 26.1 Å². The van der Waals surface area contributed by atoms with Crippen LogP contribution in [0.15, 0.2) is 42.5 Å². The lowest BCUT2D eigenvalue weighted by molar-refractivity contribution is 0.544. The van der Waals surface area contributed by atoms with Gasteiger partial charge in [0.15, 0.2) is 0 Å². The van der Waals surface area contributed by atoms with E-state index in [9.17, 15) is 8.78 Å². The Bertz CT molecular complexity index is 592. The Kier molecular flexibility index (Phi) is 4.31. The van der Waals surface area contributed by atoms with Gasteiger partial charge in [0, 0.05) is 11.3 Å². The van der Waals surface area contributed by atoms with Gasteiger partial charge in [-0.25, -0.2) is 8.78 Å². The molecule has 2 aromatic carbocycles. The van der Waals surface area contributed by atoms with Crippen molar-refractivity contribution in [2.75, 3.05) is 5.32 Å². The highest BCUT2D eigenvalue weighted by Gasteiger charge is 2.16. The van der Waals surface area contributed by atoms with E-state index in [0.29, 0.717) is 0 Å². The second-order valence-corrected chi connectivity index (χ2v) is 6.33. The summed E-state index contributed by atoms with van der Waals surface area (Å²) in [5.41, 5.74) is 2.22. The summed E-state index contributed by atoms with van der Waals surface area (Å²) in [7, 11) is 0. The van der Waals surface area contributed by atoms with Crippen molar-refractivity contribution in [2.24, 2.45) is 0 Å². The molecule has 112 valence electrons. The van der Waals surface area contributed by atoms with E-state index in [0.717, 1.165) is 5.69 Å². The maximum atomic E-state index is 13.7. The summed E-state index contributed by atoms with van der Waals surface area (Å²) in [4.78, 5) is 0. The van der Waals surface area contributed by atoms with Crippen LogP contribution < -0.4 is 5.32 Å². The molecule has 1 unspecified atom stereocenters. The Morgan fingerprint density at radius 3 is 1.90 bits per heavy atom. The fraction of sp³-hybridized carbons (Fsp3) is 0.333. The number of nitrogens with one attached hydrogen (secondary N) is 1. The zero-order chi connectivity index (χ0) is 15.6. The minimum Gasteiger partial charge on any atom is -0.378 e. The Balaban J connectivity index is 2.18. The molecular weight excluding hydrogens is 268 g/mol. The summed E-state index contributed by atoms with van der Waals surface area (Å²) in [6.45, 7) is 8.19. The van der Waals surface area contributed by atoms with Crippen molar-refractivity contribution in [1.29, 1.82) is 0 Å². The molecule has 0 aliphatic carbocycles. The lowest BCUT2D eigenvalue weighted by Crippen LogP contribution is -2.12. The summed E-state index contributed by atoms with van der Waals surface area (Å²) in [5.74, 6) is -1.05. The molecule has 0 radical (unpaired) electrons. The van der Waals surface area contributed by atoms with E-state index >= 15 is 0 Å². The van der Waals surface area contributed by atoms with Crippen LogP contribution in [0.5, 0.6) is 0 Å². The maximum absolute atomic E-state index is 13.7. The van der Waals surface area contributed by atoms with Crippen LogP contribution in [-0.4, -0.2) is 0 Å². The van der Waals surface area contributed by atoms with Gasteiger partial charge in [0.2, 0.25) is 0 Å². The zero-order valence-electron chi connectivity index (χ0n) is 12.9. The van der Waals surface area contributed by atoms with Crippen LogP contribution in [0.25, 0.3) is 0 Å². The minimum atomic E-state index is -0.527. The normalized spacial score (nSPS) is 13.0. The van der Waals surface area contributed by atoms with Crippen LogP contribution in [0.3, 0.4) is 0 Å². The van der Waals surface area contributed by atoms with Crippen molar-refractivity contribution in [3.05, 3.63) is 65.2 Å². The van der Waals surface area contributed by atoms with E-state index in [1.807, 2.05) is 24.3 Å². The predicted molar refractivity (Wildman–Crippen MR) is 83.5 cm³/mol. The van der Waals surface area contributed by atoms with Crippen molar-refractivity contribution in [3.8, 4) is 0 Å². The molecule has 21 heavy (non-hydrogen) atoms. The lowest BCUT2D eigenvalue weighted by atomic mass is 9.87. The Labute approximate surface area is 125 Å². The molecule has 3 heteroatoms. The first kappa shape index (κ1) is 15.5.